The fourth-order valence-electron chi connectivity index (χ4n) is 3.73. The van der Waals surface area contributed by atoms with E-state index in [0.717, 1.165) is 28.1 Å². The van der Waals surface area contributed by atoms with Gasteiger partial charge < -0.3 is 9.47 Å². The highest BCUT2D eigenvalue weighted by molar-refractivity contribution is 6.15. The molecule has 2 aromatic heterocycles. The fourth-order valence-corrected chi connectivity index (χ4v) is 3.73. The van der Waals surface area contributed by atoms with Crippen LogP contribution in [0.3, 0.4) is 0 Å². The molecule has 0 fully saturated rings. The molecular formula is C23H19N3O3. The third-order valence-electron chi connectivity index (χ3n) is 5.12. The maximum Gasteiger partial charge on any atom is 0.231 e. The van der Waals surface area contributed by atoms with Crippen molar-refractivity contribution in [1.29, 1.82) is 0 Å². The molecule has 0 atom stereocenters. The number of carbonyl (C=O) groups is 1. The molecule has 0 radical (unpaired) electrons. The number of ether oxygens (including phenoxy) is 2. The summed E-state index contributed by atoms with van der Waals surface area (Å²) in [5.41, 5.74) is 4.30. The molecule has 3 aromatic rings. The van der Waals surface area contributed by atoms with Crippen LogP contribution in [0, 0.1) is 6.92 Å². The van der Waals surface area contributed by atoms with Gasteiger partial charge in [0.2, 0.25) is 5.78 Å². The van der Waals surface area contributed by atoms with E-state index >= 15 is 0 Å². The van der Waals surface area contributed by atoms with Crippen LogP contribution in [0.1, 0.15) is 32.7 Å². The Kier molecular flexibility index (Phi) is 4.33. The second kappa shape index (κ2) is 7.14. The van der Waals surface area contributed by atoms with Gasteiger partial charge in [-0.25, -0.2) is 0 Å². The largest absolute Gasteiger partial charge is 0.477 e. The van der Waals surface area contributed by atoms with E-state index in [2.05, 4.69) is 14.9 Å². The van der Waals surface area contributed by atoms with Gasteiger partial charge in [0.25, 0.3) is 0 Å². The zero-order valence-electron chi connectivity index (χ0n) is 16.0. The van der Waals surface area contributed by atoms with Crippen LogP contribution >= 0.6 is 0 Å². The maximum absolute atomic E-state index is 12.9. The van der Waals surface area contributed by atoms with E-state index in [-0.39, 0.29) is 5.78 Å². The number of carbonyl (C=O) groups excluding carboxylic acids is 1. The summed E-state index contributed by atoms with van der Waals surface area (Å²) < 4.78 is 12.0. The van der Waals surface area contributed by atoms with Gasteiger partial charge >= 0.3 is 0 Å². The molecular weight excluding hydrogens is 366 g/mol. The quantitative estimate of drug-likeness (QED) is 0.640. The molecule has 2 aliphatic rings. The van der Waals surface area contributed by atoms with Gasteiger partial charge in [-0.15, -0.1) is 0 Å². The number of hydrogen-bond donors (Lipinski definition) is 0. The summed E-state index contributed by atoms with van der Waals surface area (Å²) in [6.45, 7) is 3.79. The zero-order chi connectivity index (χ0) is 19.8. The molecule has 0 aliphatic carbocycles. The minimum atomic E-state index is -0.107. The van der Waals surface area contributed by atoms with E-state index in [1.54, 1.807) is 24.7 Å². The second-order valence-electron chi connectivity index (χ2n) is 7.17. The lowest BCUT2D eigenvalue weighted by Gasteiger charge is -2.30. The smallest absolute Gasteiger partial charge is 0.231 e. The molecule has 29 heavy (non-hydrogen) atoms. The van der Waals surface area contributed by atoms with Gasteiger partial charge in [-0.1, -0.05) is 6.07 Å². The molecule has 0 N–H and O–H groups in total. The average molecular weight is 385 g/mol. The standard InChI is InChI=1S/C23H19N3O3/c1-15-22-17(12-26(14-28-22)13-18-4-2-3-7-25-18)11-19-21(27)20(29-23(15)19)10-16-5-8-24-9-6-16/h2-11H,12-14H2,1H3/b20-10-. The summed E-state index contributed by atoms with van der Waals surface area (Å²) in [4.78, 5) is 23.5. The zero-order valence-corrected chi connectivity index (χ0v) is 16.0. The number of ketones is 1. The van der Waals surface area contributed by atoms with Gasteiger partial charge in [-0.2, -0.15) is 0 Å². The molecule has 0 unspecified atom stereocenters. The maximum atomic E-state index is 12.9. The highest BCUT2D eigenvalue weighted by atomic mass is 16.5. The summed E-state index contributed by atoms with van der Waals surface area (Å²) in [6, 6.07) is 11.5. The first-order chi connectivity index (χ1) is 14.2. The molecule has 0 saturated carbocycles. The number of pyridine rings is 2. The van der Waals surface area contributed by atoms with Crippen molar-refractivity contribution in [3.8, 4) is 11.5 Å². The Morgan fingerprint density at radius 1 is 1.14 bits per heavy atom. The monoisotopic (exact) mass is 385 g/mol. The number of fused-ring (bicyclic) bond motifs is 2. The third kappa shape index (κ3) is 3.28. The first kappa shape index (κ1) is 17.6. The summed E-state index contributed by atoms with van der Waals surface area (Å²) in [5, 5.41) is 0. The predicted molar refractivity (Wildman–Crippen MR) is 107 cm³/mol. The van der Waals surface area contributed by atoms with Crippen molar-refractivity contribution in [3.63, 3.8) is 0 Å². The number of aromatic nitrogens is 2. The summed E-state index contributed by atoms with van der Waals surface area (Å²) >= 11 is 0. The Labute approximate surface area is 168 Å². The Balaban J connectivity index is 1.44. The first-order valence-electron chi connectivity index (χ1n) is 9.45. The summed E-state index contributed by atoms with van der Waals surface area (Å²) in [6.07, 6.45) is 6.91. The number of Topliss-reactive ketones (excluding diaryl/α,β-unsaturated/α-hetero) is 1. The number of allylic oxidation sites excluding steroid dienone is 1. The molecule has 0 saturated heterocycles. The van der Waals surface area contributed by atoms with Crippen LogP contribution in [-0.2, 0) is 13.1 Å². The van der Waals surface area contributed by atoms with Gasteiger partial charge in [0.05, 0.1) is 11.3 Å². The first-order valence-corrected chi connectivity index (χ1v) is 9.45. The highest BCUT2D eigenvalue weighted by Crippen LogP contribution is 2.43. The van der Waals surface area contributed by atoms with Crippen LogP contribution in [-0.4, -0.2) is 27.4 Å². The molecule has 6 nitrogen and oxygen atoms in total. The van der Waals surface area contributed by atoms with Crippen LogP contribution in [0.5, 0.6) is 11.5 Å². The Morgan fingerprint density at radius 2 is 2.00 bits per heavy atom. The van der Waals surface area contributed by atoms with E-state index in [0.29, 0.717) is 36.9 Å². The molecule has 2 aliphatic heterocycles. The lowest BCUT2D eigenvalue weighted by atomic mass is 10.00. The molecule has 0 amide bonds. The summed E-state index contributed by atoms with van der Waals surface area (Å²) in [5.74, 6) is 1.61. The molecule has 1 aromatic carbocycles. The van der Waals surface area contributed by atoms with Crippen molar-refractivity contribution in [2.45, 2.75) is 20.0 Å². The van der Waals surface area contributed by atoms with Crippen molar-refractivity contribution in [3.05, 3.63) is 88.7 Å². The normalized spacial score (nSPS) is 16.9. The van der Waals surface area contributed by atoms with Gasteiger partial charge in [-0.3, -0.25) is 19.7 Å². The SMILES string of the molecule is Cc1c2c(cc3c1O/C(=C\c1ccncc1)C3=O)CN(Cc1ccccn1)CO2. The van der Waals surface area contributed by atoms with Crippen molar-refractivity contribution in [1.82, 2.24) is 14.9 Å². The fraction of sp³-hybridized carbons (Fsp3) is 0.174. The van der Waals surface area contributed by atoms with Gasteiger partial charge in [0, 0.05) is 42.8 Å². The number of nitrogens with zero attached hydrogens (tertiary/aromatic N) is 3. The van der Waals surface area contributed by atoms with Crippen LogP contribution < -0.4 is 9.47 Å². The molecule has 144 valence electrons. The Bertz CT molecular complexity index is 1110. The van der Waals surface area contributed by atoms with Crippen molar-refractivity contribution in [2.24, 2.45) is 0 Å². The van der Waals surface area contributed by atoms with Crippen molar-refractivity contribution >= 4 is 11.9 Å². The number of benzene rings is 1. The van der Waals surface area contributed by atoms with E-state index in [1.165, 1.54) is 0 Å². The van der Waals surface area contributed by atoms with Crippen molar-refractivity contribution < 1.29 is 14.3 Å². The lowest BCUT2D eigenvalue weighted by molar-refractivity contribution is 0.0865. The number of hydrogen-bond acceptors (Lipinski definition) is 6. The van der Waals surface area contributed by atoms with E-state index in [1.807, 2.05) is 43.3 Å². The van der Waals surface area contributed by atoms with Gasteiger partial charge in [0.1, 0.15) is 18.2 Å². The van der Waals surface area contributed by atoms with Crippen molar-refractivity contribution in [2.75, 3.05) is 6.73 Å². The van der Waals surface area contributed by atoms with Crippen LogP contribution in [0.15, 0.2) is 60.7 Å². The third-order valence-corrected chi connectivity index (χ3v) is 5.12. The minimum absolute atomic E-state index is 0.107. The second-order valence-corrected chi connectivity index (χ2v) is 7.17. The van der Waals surface area contributed by atoms with Gasteiger partial charge in [0.15, 0.2) is 5.76 Å². The minimum Gasteiger partial charge on any atom is -0.477 e. The number of rotatable bonds is 3. The molecule has 0 spiro atoms. The van der Waals surface area contributed by atoms with E-state index in [4.69, 9.17) is 9.47 Å². The Hall–Kier alpha value is -3.51. The van der Waals surface area contributed by atoms with Crippen LogP contribution in [0.25, 0.3) is 6.08 Å². The Morgan fingerprint density at radius 3 is 2.79 bits per heavy atom. The molecule has 6 heteroatoms. The van der Waals surface area contributed by atoms with E-state index in [9.17, 15) is 4.79 Å². The summed E-state index contributed by atoms with van der Waals surface area (Å²) in [7, 11) is 0. The lowest BCUT2D eigenvalue weighted by Crippen LogP contribution is -2.32. The van der Waals surface area contributed by atoms with Crippen LogP contribution in [0.4, 0.5) is 0 Å². The molecule has 0 bridgehead atoms. The highest BCUT2D eigenvalue weighted by Gasteiger charge is 2.33. The van der Waals surface area contributed by atoms with Gasteiger partial charge in [-0.05, 0) is 48.9 Å². The molecule has 5 rings (SSSR count). The predicted octanol–water partition coefficient (Wildman–Crippen LogP) is 3.75. The van der Waals surface area contributed by atoms with E-state index < -0.39 is 0 Å². The van der Waals surface area contributed by atoms with Crippen LogP contribution in [0.2, 0.25) is 0 Å². The average Bonchev–Trinajstić information content (AvgIpc) is 3.05. The topological polar surface area (TPSA) is 64.5 Å². The molecule has 4 heterocycles.